The molecule has 0 amide bonds. The Morgan fingerprint density at radius 2 is 0.872 bits per heavy atom. The molecule has 0 radical (unpaired) electrons. The third-order valence-corrected chi connectivity index (χ3v) is 9.28. The van der Waals surface area contributed by atoms with Gasteiger partial charge in [0.1, 0.15) is 5.01 Å². The van der Waals surface area contributed by atoms with Crippen molar-refractivity contribution >= 4 is 45.1 Å². The van der Waals surface area contributed by atoms with Crippen LogP contribution in [0.5, 0.6) is 0 Å². The topological polar surface area (TPSA) is 19.4 Å². The van der Waals surface area contributed by atoms with E-state index in [9.17, 15) is 0 Å². The molecule has 0 aliphatic rings. The largest absolute Gasteiger partial charge is 0.363 e. The number of anilines is 2. The standard InChI is InChI=1S/C43H37N3S/c1-5-13-35(14-6-1)30-45(31-36-15-7-2-8-16-36)39-24-21-34(22-25-39)23-28-43-44-41-27-26-40(29-42(41)47-43)46(32-37-17-9-3-10-18-37)33-38-19-11-4-12-20-38/h1-29H,30-33H2/b28-23+. The molecule has 0 bridgehead atoms. The Kier molecular flexibility index (Phi) is 9.49. The number of fused-ring (bicyclic) bond motifs is 1. The van der Waals surface area contributed by atoms with Gasteiger partial charge in [-0.3, -0.25) is 0 Å². The normalized spacial score (nSPS) is 11.2. The fourth-order valence-corrected chi connectivity index (χ4v) is 6.76. The van der Waals surface area contributed by atoms with Crippen molar-refractivity contribution in [3.05, 3.63) is 197 Å². The number of thiazole rings is 1. The van der Waals surface area contributed by atoms with Gasteiger partial charge in [0.15, 0.2) is 0 Å². The molecule has 7 aromatic rings. The molecule has 4 heteroatoms. The van der Waals surface area contributed by atoms with E-state index in [-0.39, 0.29) is 0 Å². The second-order valence-corrected chi connectivity index (χ2v) is 12.8. The molecule has 0 spiro atoms. The van der Waals surface area contributed by atoms with Crippen LogP contribution in [0.4, 0.5) is 11.4 Å². The summed E-state index contributed by atoms with van der Waals surface area (Å²) in [6.45, 7) is 3.40. The van der Waals surface area contributed by atoms with Crippen molar-refractivity contribution in [2.24, 2.45) is 0 Å². The quantitative estimate of drug-likeness (QED) is 0.134. The lowest BCUT2D eigenvalue weighted by atomic mass is 10.1. The summed E-state index contributed by atoms with van der Waals surface area (Å²) in [4.78, 5) is 9.82. The molecule has 0 atom stereocenters. The third kappa shape index (κ3) is 8.04. The monoisotopic (exact) mass is 627 g/mol. The minimum absolute atomic E-state index is 0.844. The number of rotatable bonds is 12. The Bertz CT molecular complexity index is 1940. The number of hydrogen-bond acceptors (Lipinski definition) is 4. The lowest BCUT2D eigenvalue weighted by Gasteiger charge is -2.25. The molecule has 47 heavy (non-hydrogen) atoms. The van der Waals surface area contributed by atoms with Crippen LogP contribution in [0.1, 0.15) is 32.8 Å². The van der Waals surface area contributed by atoms with E-state index in [1.165, 1.54) is 38.3 Å². The first-order chi connectivity index (χ1) is 23.2. The first kappa shape index (κ1) is 30.2. The SMILES string of the molecule is C(=C\c1nc2ccc(N(Cc3ccccc3)Cc3ccccc3)cc2s1)/c1ccc(N(Cc2ccccc2)Cc2ccccc2)cc1. The molecule has 0 unspecified atom stereocenters. The summed E-state index contributed by atoms with van der Waals surface area (Å²) in [5.74, 6) is 0. The molecule has 0 N–H and O–H groups in total. The van der Waals surface area contributed by atoms with E-state index in [2.05, 4.69) is 186 Å². The molecule has 0 fully saturated rings. The van der Waals surface area contributed by atoms with E-state index in [1.807, 2.05) is 0 Å². The van der Waals surface area contributed by atoms with Gasteiger partial charge in [0.25, 0.3) is 0 Å². The van der Waals surface area contributed by atoms with Gasteiger partial charge >= 0.3 is 0 Å². The van der Waals surface area contributed by atoms with Gasteiger partial charge in [-0.25, -0.2) is 4.98 Å². The minimum atomic E-state index is 0.844. The van der Waals surface area contributed by atoms with Crippen LogP contribution in [-0.4, -0.2) is 4.98 Å². The fourth-order valence-electron chi connectivity index (χ4n) is 5.86. The first-order valence-electron chi connectivity index (χ1n) is 16.1. The van der Waals surface area contributed by atoms with E-state index in [1.54, 1.807) is 11.3 Å². The molecule has 0 saturated carbocycles. The van der Waals surface area contributed by atoms with Gasteiger partial charge in [0.2, 0.25) is 0 Å². The Morgan fingerprint density at radius 3 is 1.34 bits per heavy atom. The van der Waals surface area contributed by atoms with Crippen molar-refractivity contribution in [3.63, 3.8) is 0 Å². The minimum Gasteiger partial charge on any atom is -0.363 e. The van der Waals surface area contributed by atoms with Gasteiger partial charge in [-0.1, -0.05) is 140 Å². The molecule has 230 valence electrons. The van der Waals surface area contributed by atoms with Gasteiger partial charge in [-0.15, -0.1) is 11.3 Å². The zero-order valence-electron chi connectivity index (χ0n) is 26.3. The third-order valence-electron chi connectivity index (χ3n) is 8.30. The number of nitrogens with zero attached hydrogens (tertiary/aromatic N) is 3. The predicted octanol–water partition coefficient (Wildman–Crippen LogP) is 10.9. The van der Waals surface area contributed by atoms with Crippen LogP contribution >= 0.6 is 11.3 Å². The first-order valence-corrected chi connectivity index (χ1v) is 16.9. The molecular formula is C43H37N3S. The average Bonchev–Trinajstić information content (AvgIpc) is 3.55. The van der Waals surface area contributed by atoms with E-state index in [0.717, 1.165) is 42.3 Å². The molecule has 0 aliphatic heterocycles. The Morgan fingerprint density at radius 1 is 0.447 bits per heavy atom. The van der Waals surface area contributed by atoms with Crippen LogP contribution in [0.15, 0.2) is 164 Å². The lowest BCUT2D eigenvalue weighted by molar-refractivity contribution is 0.800. The summed E-state index contributed by atoms with van der Waals surface area (Å²) in [5, 5.41) is 1.01. The molecule has 3 nitrogen and oxygen atoms in total. The summed E-state index contributed by atoms with van der Waals surface area (Å²) in [5.41, 5.74) is 9.80. The van der Waals surface area contributed by atoms with Crippen LogP contribution in [0, 0.1) is 0 Å². The van der Waals surface area contributed by atoms with E-state index in [4.69, 9.17) is 4.98 Å². The smallest absolute Gasteiger partial charge is 0.117 e. The van der Waals surface area contributed by atoms with Crippen molar-refractivity contribution in [2.75, 3.05) is 9.80 Å². The van der Waals surface area contributed by atoms with Gasteiger partial charge in [-0.05, 0) is 64.2 Å². The van der Waals surface area contributed by atoms with Gasteiger partial charge in [0.05, 0.1) is 10.2 Å². The summed E-state index contributed by atoms with van der Waals surface area (Å²) in [6, 6.07) is 58.2. The summed E-state index contributed by atoms with van der Waals surface area (Å²) in [7, 11) is 0. The van der Waals surface area contributed by atoms with E-state index in [0.29, 0.717) is 0 Å². The Labute approximate surface area is 281 Å². The molecule has 0 saturated heterocycles. The fraction of sp³-hybridized carbons (Fsp3) is 0.0930. The molecule has 0 aliphatic carbocycles. The summed E-state index contributed by atoms with van der Waals surface area (Å²) >= 11 is 1.74. The van der Waals surface area contributed by atoms with E-state index >= 15 is 0 Å². The number of aromatic nitrogens is 1. The number of benzene rings is 6. The highest BCUT2D eigenvalue weighted by Crippen LogP contribution is 2.30. The highest BCUT2D eigenvalue weighted by atomic mass is 32.1. The van der Waals surface area contributed by atoms with Crippen molar-refractivity contribution < 1.29 is 0 Å². The van der Waals surface area contributed by atoms with Gasteiger partial charge < -0.3 is 9.80 Å². The maximum absolute atomic E-state index is 4.94. The van der Waals surface area contributed by atoms with Crippen molar-refractivity contribution in [1.29, 1.82) is 0 Å². The van der Waals surface area contributed by atoms with E-state index < -0.39 is 0 Å². The van der Waals surface area contributed by atoms with Crippen molar-refractivity contribution in [1.82, 2.24) is 4.98 Å². The molecule has 6 aromatic carbocycles. The van der Waals surface area contributed by atoms with Crippen molar-refractivity contribution in [3.8, 4) is 0 Å². The number of hydrogen-bond donors (Lipinski definition) is 0. The summed E-state index contributed by atoms with van der Waals surface area (Å²) in [6.07, 6.45) is 4.30. The second kappa shape index (κ2) is 14.8. The Hall–Kier alpha value is -5.45. The summed E-state index contributed by atoms with van der Waals surface area (Å²) < 4.78 is 1.20. The highest BCUT2D eigenvalue weighted by Gasteiger charge is 2.12. The predicted molar refractivity (Wildman–Crippen MR) is 201 cm³/mol. The zero-order valence-corrected chi connectivity index (χ0v) is 27.1. The van der Waals surface area contributed by atoms with Crippen LogP contribution in [0.2, 0.25) is 0 Å². The van der Waals surface area contributed by atoms with Crippen LogP contribution in [0.3, 0.4) is 0 Å². The van der Waals surface area contributed by atoms with Crippen LogP contribution in [0.25, 0.3) is 22.4 Å². The van der Waals surface area contributed by atoms with Crippen LogP contribution < -0.4 is 9.80 Å². The molecular weight excluding hydrogens is 591 g/mol. The Balaban J connectivity index is 1.08. The maximum atomic E-state index is 4.94. The van der Waals surface area contributed by atoms with Crippen LogP contribution in [-0.2, 0) is 26.2 Å². The molecule has 1 aromatic heterocycles. The van der Waals surface area contributed by atoms with Crippen molar-refractivity contribution in [2.45, 2.75) is 26.2 Å². The maximum Gasteiger partial charge on any atom is 0.117 e. The van der Waals surface area contributed by atoms with Gasteiger partial charge in [-0.2, -0.15) is 0 Å². The lowest BCUT2D eigenvalue weighted by Crippen LogP contribution is -2.22. The second-order valence-electron chi connectivity index (χ2n) is 11.8. The molecule has 1 heterocycles. The van der Waals surface area contributed by atoms with Gasteiger partial charge in [0, 0.05) is 37.6 Å². The highest BCUT2D eigenvalue weighted by molar-refractivity contribution is 7.19. The average molecular weight is 628 g/mol. The molecule has 7 rings (SSSR count). The zero-order chi connectivity index (χ0) is 31.7.